The van der Waals surface area contributed by atoms with Gasteiger partial charge in [-0.05, 0) is 42.5 Å². The first-order valence-corrected chi connectivity index (χ1v) is 9.04. The largest absolute Gasteiger partial charge is 0.507 e. The van der Waals surface area contributed by atoms with Crippen molar-refractivity contribution in [2.45, 2.75) is 0 Å². The third-order valence-electron chi connectivity index (χ3n) is 4.10. The molecule has 9 heteroatoms. The van der Waals surface area contributed by atoms with Crippen LogP contribution in [-0.2, 0) is 0 Å². The van der Waals surface area contributed by atoms with Crippen LogP contribution >= 0.6 is 23.2 Å². The fraction of sp³-hybridized carbons (Fsp3) is 0. The molecular formula is C20H11Cl2N3O4. The van der Waals surface area contributed by atoms with Crippen LogP contribution in [-0.4, -0.2) is 21.2 Å². The minimum absolute atomic E-state index is 0.121. The molecule has 0 spiro atoms. The molecule has 0 aliphatic carbocycles. The van der Waals surface area contributed by atoms with E-state index in [9.17, 15) is 15.2 Å². The Bertz CT molecular complexity index is 1280. The van der Waals surface area contributed by atoms with E-state index in [2.05, 4.69) is 9.98 Å². The zero-order chi connectivity index (χ0) is 20.5. The van der Waals surface area contributed by atoms with E-state index in [-0.39, 0.29) is 17.0 Å². The topological polar surface area (TPSA) is 102 Å². The normalized spacial score (nSPS) is 11.4. The van der Waals surface area contributed by atoms with Gasteiger partial charge < -0.3 is 9.52 Å². The highest BCUT2D eigenvalue weighted by Gasteiger charge is 2.13. The molecule has 1 aromatic heterocycles. The number of aromatic hydroxyl groups is 1. The summed E-state index contributed by atoms with van der Waals surface area (Å²) in [6, 6.07) is 13.8. The van der Waals surface area contributed by atoms with E-state index in [0.717, 1.165) is 0 Å². The van der Waals surface area contributed by atoms with Crippen molar-refractivity contribution in [3.8, 4) is 17.2 Å². The van der Waals surface area contributed by atoms with Crippen LogP contribution in [0.25, 0.3) is 22.6 Å². The average Bonchev–Trinajstić information content (AvgIpc) is 3.11. The van der Waals surface area contributed by atoms with Crippen molar-refractivity contribution in [3.05, 3.63) is 80.3 Å². The van der Waals surface area contributed by atoms with Gasteiger partial charge in [0.1, 0.15) is 11.3 Å². The summed E-state index contributed by atoms with van der Waals surface area (Å²) in [5, 5.41) is 21.8. The van der Waals surface area contributed by atoms with Gasteiger partial charge in [0.2, 0.25) is 5.89 Å². The number of nitro groups is 1. The number of benzene rings is 3. The smallest absolute Gasteiger partial charge is 0.270 e. The summed E-state index contributed by atoms with van der Waals surface area (Å²) < 4.78 is 5.75. The molecule has 0 aliphatic heterocycles. The highest BCUT2D eigenvalue weighted by atomic mass is 35.5. The summed E-state index contributed by atoms with van der Waals surface area (Å²) in [7, 11) is 0. The number of phenolic OH excluding ortho intramolecular Hbond substituents is 1. The lowest BCUT2D eigenvalue weighted by Crippen LogP contribution is -1.90. The van der Waals surface area contributed by atoms with E-state index in [4.69, 9.17) is 27.6 Å². The molecule has 0 bridgehead atoms. The Labute approximate surface area is 174 Å². The molecule has 3 aromatic carbocycles. The SMILES string of the molecule is O=[N+]([O-])c1ccc(O)c(C=Nc2ccc(Cl)c(-c3nc4cc(Cl)ccc4o3)c2)c1. The fourth-order valence-corrected chi connectivity index (χ4v) is 3.04. The standard InChI is InChI=1S/C20H11Cl2N3O4/c21-12-1-6-19-17(8-12)24-20(29-19)15-9-13(2-4-16(15)22)23-10-11-7-14(25(27)28)3-5-18(11)26/h1-10,26H. The minimum atomic E-state index is -0.545. The number of aliphatic imine (C=N–C) groups is 1. The van der Waals surface area contributed by atoms with Crippen molar-refractivity contribution in [3.63, 3.8) is 0 Å². The second kappa shape index (κ2) is 7.54. The van der Waals surface area contributed by atoms with E-state index in [0.29, 0.717) is 38.3 Å². The molecule has 0 unspecified atom stereocenters. The van der Waals surface area contributed by atoms with E-state index in [1.165, 1.54) is 24.4 Å². The van der Waals surface area contributed by atoms with Crippen molar-refractivity contribution < 1.29 is 14.4 Å². The quantitative estimate of drug-likeness (QED) is 0.238. The Morgan fingerprint density at radius 2 is 1.93 bits per heavy atom. The van der Waals surface area contributed by atoms with Crippen molar-refractivity contribution in [2.75, 3.05) is 0 Å². The third kappa shape index (κ3) is 3.91. The Kier molecular flexibility index (Phi) is 4.92. The maximum Gasteiger partial charge on any atom is 0.270 e. The van der Waals surface area contributed by atoms with E-state index < -0.39 is 4.92 Å². The third-order valence-corrected chi connectivity index (χ3v) is 4.67. The molecule has 1 heterocycles. The molecule has 0 fully saturated rings. The van der Waals surface area contributed by atoms with Crippen LogP contribution in [0.4, 0.5) is 11.4 Å². The molecule has 0 saturated carbocycles. The molecule has 144 valence electrons. The summed E-state index contributed by atoms with van der Waals surface area (Å²) in [6.07, 6.45) is 1.33. The lowest BCUT2D eigenvalue weighted by Gasteiger charge is -2.02. The summed E-state index contributed by atoms with van der Waals surface area (Å²) in [4.78, 5) is 19.0. The highest BCUT2D eigenvalue weighted by Crippen LogP contribution is 2.34. The summed E-state index contributed by atoms with van der Waals surface area (Å²) in [5.74, 6) is 0.187. The van der Waals surface area contributed by atoms with Gasteiger partial charge >= 0.3 is 0 Å². The molecule has 7 nitrogen and oxygen atoms in total. The lowest BCUT2D eigenvalue weighted by atomic mass is 10.2. The number of hydrogen-bond donors (Lipinski definition) is 1. The Hall–Kier alpha value is -3.42. The highest BCUT2D eigenvalue weighted by molar-refractivity contribution is 6.33. The predicted molar refractivity (Wildman–Crippen MR) is 111 cm³/mol. The van der Waals surface area contributed by atoms with Gasteiger partial charge in [-0.2, -0.15) is 0 Å². The van der Waals surface area contributed by atoms with E-state index in [1.54, 1.807) is 36.4 Å². The van der Waals surface area contributed by atoms with Crippen LogP contribution in [0.15, 0.2) is 64.0 Å². The Balaban J connectivity index is 1.71. The molecule has 0 radical (unpaired) electrons. The number of phenols is 1. The number of halogens is 2. The summed E-state index contributed by atoms with van der Waals surface area (Å²) in [5.41, 5.74) is 2.25. The van der Waals surface area contributed by atoms with Crippen LogP contribution in [0.3, 0.4) is 0 Å². The molecular weight excluding hydrogens is 417 g/mol. The number of rotatable bonds is 4. The van der Waals surface area contributed by atoms with Crippen LogP contribution in [0.2, 0.25) is 10.0 Å². The maximum atomic E-state index is 10.9. The van der Waals surface area contributed by atoms with Gasteiger partial charge in [-0.3, -0.25) is 15.1 Å². The molecule has 4 rings (SSSR count). The number of aromatic nitrogens is 1. The van der Waals surface area contributed by atoms with Gasteiger partial charge in [0.05, 0.1) is 21.2 Å². The van der Waals surface area contributed by atoms with Crippen LogP contribution in [0.1, 0.15) is 5.56 Å². The van der Waals surface area contributed by atoms with Gasteiger partial charge in [-0.1, -0.05) is 23.2 Å². The van der Waals surface area contributed by atoms with Crippen molar-refractivity contribution in [2.24, 2.45) is 4.99 Å². The number of fused-ring (bicyclic) bond motifs is 1. The van der Waals surface area contributed by atoms with Crippen molar-refractivity contribution >= 4 is 51.9 Å². The number of hydrogen-bond acceptors (Lipinski definition) is 6. The summed E-state index contributed by atoms with van der Waals surface area (Å²) in [6.45, 7) is 0. The molecule has 0 amide bonds. The second-order valence-electron chi connectivity index (χ2n) is 6.05. The number of nitro benzene ring substituents is 1. The molecule has 1 N–H and O–H groups in total. The van der Waals surface area contributed by atoms with Gasteiger partial charge in [-0.15, -0.1) is 0 Å². The maximum absolute atomic E-state index is 10.9. The first kappa shape index (κ1) is 18.9. The van der Waals surface area contributed by atoms with Gasteiger partial charge in [-0.25, -0.2) is 4.98 Å². The zero-order valence-corrected chi connectivity index (χ0v) is 16.1. The monoisotopic (exact) mass is 427 g/mol. The minimum Gasteiger partial charge on any atom is -0.507 e. The second-order valence-corrected chi connectivity index (χ2v) is 6.90. The zero-order valence-electron chi connectivity index (χ0n) is 14.5. The van der Waals surface area contributed by atoms with Crippen LogP contribution < -0.4 is 0 Å². The number of non-ortho nitro benzene ring substituents is 1. The molecule has 0 aliphatic rings. The Morgan fingerprint density at radius 3 is 2.72 bits per heavy atom. The molecule has 29 heavy (non-hydrogen) atoms. The number of oxazole rings is 1. The molecule has 0 saturated heterocycles. The molecule has 4 aromatic rings. The predicted octanol–water partition coefficient (Wildman–Crippen LogP) is 6.17. The average molecular weight is 428 g/mol. The summed E-state index contributed by atoms with van der Waals surface area (Å²) >= 11 is 12.3. The Morgan fingerprint density at radius 1 is 1.10 bits per heavy atom. The van der Waals surface area contributed by atoms with Crippen molar-refractivity contribution in [1.29, 1.82) is 0 Å². The van der Waals surface area contributed by atoms with Gasteiger partial charge in [0.15, 0.2) is 5.58 Å². The van der Waals surface area contributed by atoms with Gasteiger partial charge in [0.25, 0.3) is 5.69 Å². The van der Waals surface area contributed by atoms with Gasteiger partial charge in [0, 0.05) is 28.9 Å². The molecule has 0 atom stereocenters. The van der Waals surface area contributed by atoms with Crippen molar-refractivity contribution in [1.82, 2.24) is 4.98 Å². The lowest BCUT2D eigenvalue weighted by molar-refractivity contribution is -0.384. The van der Waals surface area contributed by atoms with E-state index in [1.807, 2.05) is 0 Å². The first-order chi connectivity index (χ1) is 13.9. The first-order valence-electron chi connectivity index (χ1n) is 8.28. The number of nitrogens with zero attached hydrogens (tertiary/aromatic N) is 3. The van der Waals surface area contributed by atoms with E-state index >= 15 is 0 Å². The van der Waals surface area contributed by atoms with Crippen LogP contribution in [0, 0.1) is 10.1 Å². The van der Waals surface area contributed by atoms with Crippen LogP contribution in [0.5, 0.6) is 5.75 Å². The fourth-order valence-electron chi connectivity index (χ4n) is 2.68.